The average Bonchev–Trinajstić information content (AvgIpc) is 3.14. The second-order valence-corrected chi connectivity index (χ2v) is 10.5. The van der Waals surface area contributed by atoms with Crippen molar-refractivity contribution < 1.29 is 8.42 Å². The molecular formula is C18H12Cl2N4O3S3. The highest BCUT2D eigenvalue weighted by molar-refractivity contribution is 8.00. The lowest BCUT2D eigenvalue weighted by Crippen LogP contribution is -2.21. The van der Waals surface area contributed by atoms with E-state index >= 15 is 0 Å². The number of anilines is 1. The van der Waals surface area contributed by atoms with Gasteiger partial charge in [-0.25, -0.2) is 13.4 Å². The van der Waals surface area contributed by atoms with Gasteiger partial charge < -0.3 is 0 Å². The van der Waals surface area contributed by atoms with Crippen LogP contribution in [0.3, 0.4) is 0 Å². The van der Waals surface area contributed by atoms with Crippen molar-refractivity contribution >= 4 is 72.2 Å². The first-order valence-corrected chi connectivity index (χ1v) is 12.6. The number of thioether (sulfide) groups is 1. The summed E-state index contributed by atoms with van der Waals surface area (Å²) in [4.78, 5) is 16.7. The van der Waals surface area contributed by atoms with Gasteiger partial charge in [-0.1, -0.05) is 35.0 Å². The van der Waals surface area contributed by atoms with Crippen LogP contribution in [0.2, 0.25) is 10.0 Å². The molecule has 4 rings (SSSR count). The molecule has 0 fully saturated rings. The number of thiazole rings is 1. The largest absolute Gasteiger partial charge is 0.291 e. The molecule has 0 amide bonds. The average molecular weight is 499 g/mol. The zero-order valence-electron chi connectivity index (χ0n) is 15.2. The molecule has 0 unspecified atom stereocenters. The molecule has 0 radical (unpaired) electrons. The number of hydrogen-bond donors (Lipinski definition) is 1. The first kappa shape index (κ1) is 21.1. The number of benzene rings is 2. The highest BCUT2D eigenvalue weighted by atomic mass is 35.5. The Labute approximate surface area is 189 Å². The van der Waals surface area contributed by atoms with E-state index in [9.17, 15) is 13.2 Å². The number of nitrogens with one attached hydrogen (secondary N) is 1. The maximum atomic E-state index is 12.8. The molecule has 30 heavy (non-hydrogen) atoms. The zero-order chi connectivity index (χ0) is 21.5. The normalized spacial score (nSPS) is 11.7. The predicted octanol–water partition coefficient (Wildman–Crippen LogP) is 4.67. The minimum atomic E-state index is -3.83. The molecule has 12 heteroatoms. The maximum Gasteiger partial charge on any atom is 0.291 e. The van der Waals surface area contributed by atoms with Gasteiger partial charge in [-0.3, -0.25) is 9.52 Å². The van der Waals surface area contributed by atoms with E-state index in [1.807, 2.05) is 6.26 Å². The van der Waals surface area contributed by atoms with Gasteiger partial charge in [0.15, 0.2) is 4.34 Å². The monoisotopic (exact) mass is 498 g/mol. The third-order valence-electron chi connectivity index (χ3n) is 4.06. The molecule has 2 aromatic heterocycles. The lowest BCUT2D eigenvalue weighted by atomic mass is 10.3. The molecule has 0 atom stereocenters. The maximum absolute atomic E-state index is 12.8. The summed E-state index contributed by atoms with van der Waals surface area (Å²) in [6.45, 7) is 0. The van der Waals surface area contributed by atoms with Crippen LogP contribution in [0.25, 0.3) is 15.9 Å². The molecule has 0 aliphatic rings. The Morgan fingerprint density at radius 2 is 1.87 bits per heavy atom. The van der Waals surface area contributed by atoms with E-state index in [4.69, 9.17) is 23.2 Å². The SMILES string of the molecule is CSc1nc2ccc(NS(=O)(=O)c3ccc(-n4ncc(Cl)c(Cl)c4=O)cc3)cc2s1. The van der Waals surface area contributed by atoms with E-state index in [0.29, 0.717) is 11.4 Å². The number of fused-ring (bicyclic) bond motifs is 1. The Hall–Kier alpha value is -2.11. The number of hydrogen-bond acceptors (Lipinski definition) is 7. The first-order chi connectivity index (χ1) is 14.3. The van der Waals surface area contributed by atoms with E-state index in [1.165, 1.54) is 53.6 Å². The van der Waals surface area contributed by atoms with Crippen LogP contribution in [-0.2, 0) is 10.0 Å². The van der Waals surface area contributed by atoms with Gasteiger partial charge in [-0.05, 0) is 48.7 Å². The molecular weight excluding hydrogens is 487 g/mol. The van der Waals surface area contributed by atoms with Crippen molar-refractivity contribution in [3.63, 3.8) is 0 Å². The topological polar surface area (TPSA) is 93.9 Å². The van der Waals surface area contributed by atoms with Crippen LogP contribution in [0.5, 0.6) is 0 Å². The highest BCUT2D eigenvalue weighted by Crippen LogP contribution is 2.30. The highest BCUT2D eigenvalue weighted by Gasteiger charge is 2.16. The summed E-state index contributed by atoms with van der Waals surface area (Å²) in [7, 11) is -3.83. The lowest BCUT2D eigenvalue weighted by molar-refractivity contribution is 0.601. The van der Waals surface area contributed by atoms with Crippen LogP contribution < -0.4 is 10.3 Å². The summed E-state index contributed by atoms with van der Waals surface area (Å²) < 4.78 is 30.9. The summed E-state index contributed by atoms with van der Waals surface area (Å²) in [5, 5.41) is 3.81. The second kappa shape index (κ2) is 8.20. The third-order valence-corrected chi connectivity index (χ3v) is 8.21. The molecule has 0 aliphatic heterocycles. The minimum absolute atomic E-state index is 0.0357. The smallest absolute Gasteiger partial charge is 0.280 e. The molecule has 0 saturated carbocycles. The number of sulfonamides is 1. The van der Waals surface area contributed by atoms with Gasteiger partial charge in [0.2, 0.25) is 0 Å². The van der Waals surface area contributed by atoms with E-state index in [2.05, 4.69) is 14.8 Å². The second-order valence-electron chi connectivity index (χ2n) is 5.99. The van der Waals surface area contributed by atoms with Gasteiger partial charge in [0.1, 0.15) is 5.02 Å². The van der Waals surface area contributed by atoms with E-state index in [1.54, 1.807) is 18.2 Å². The minimum Gasteiger partial charge on any atom is -0.280 e. The van der Waals surface area contributed by atoms with Gasteiger partial charge >= 0.3 is 0 Å². The Morgan fingerprint density at radius 1 is 1.13 bits per heavy atom. The van der Waals surface area contributed by atoms with Crippen LogP contribution in [0.4, 0.5) is 5.69 Å². The van der Waals surface area contributed by atoms with Crippen molar-refractivity contribution in [3.05, 3.63) is 69.1 Å². The Morgan fingerprint density at radius 3 is 2.57 bits per heavy atom. The number of aromatic nitrogens is 3. The first-order valence-electron chi connectivity index (χ1n) is 8.29. The van der Waals surface area contributed by atoms with Crippen LogP contribution in [0.15, 0.2) is 62.7 Å². The summed E-state index contributed by atoms with van der Waals surface area (Å²) in [6.07, 6.45) is 3.18. The molecule has 0 bridgehead atoms. The molecule has 0 aliphatic carbocycles. The molecule has 2 heterocycles. The zero-order valence-corrected chi connectivity index (χ0v) is 19.1. The van der Waals surface area contributed by atoms with Gasteiger partial charge in [-0.15, -0.1) is 11.3 Å². The predicted molar refractivity (Wildman–Crippen MR) is 122 cm³/mol. The number of halogens is 2. The van der Waals surface area contributed by atoms with Crippen LogP contribution in [0, 0.1) is 0 Å². The van der Waals surface area contributed by atoms with Crippen molar-refractivity contribution in [1.29, 1.82) is 0 Å². The summed E-state index contributed by atoms with van der Waals surface area (Å²) in [5.41, 5.74) is 1.01. The van der Waals surface area contributed by atoms with Crippen molar-refractivity contribution in [2.24, 2.45) is 0 Å². The standard InChI is InChI=1S/C18H12Cl2N4O3S3/c1-28-18-22-14-7-2-10(8-15(14)29-18)23-30(26,27)12-5-3-11(4-6-12)24-17(25)16(20)13(19)9-21-24/h2-9,23H,1H3. The quantitative estimate of drug-likeness (QED) is 0.401. The summed E-state index contributed by atoms with van der Waals surface area (Å²) >= 11 is 14.7. The summed E-state index contributed by atoms with van der Waals surface area (Å²) in [5.74, 6) is 0. The van der Waals surface area contributed by atoms with Crippen molar-refractivity contribution in [2.45, 2.75) is 9.24 Å². The molecule has 154 valence electrons. The Balaban J connectivity index is 1.62. The van der Waals surface area contributed by atoms with Crippen LogP contribution in [0.1, 0.15) is 0 Å². The van der Waals surface area contributed by atoms with E-state index in [-0.39, 0.29) is 14.9 Å². The van der Waals surface area contributed by atoms with Gasteiger partial charge in [0, 0.05) is 0 Å². The lowest BCUT2D eigenvalue weighted by Gasteiger charge is -2.10. The molecule has 1 N–H and O–H groups in total. The fourth-order valence-corrected chi connectivity index (χ4v) is 5.46. The van der Waals surface area contributed by atoms with Crippen molar-refractivity contribution in [2.75, 3.05) is 11.0 Å². The molecule has 0 spiro atoms. The van der Waals surface area contributed by atoms with E-state index in [0.717, 1.165) is 19.2 Å². The molecule has 0 saturated heterocycles. The fraction of sp³-hybridized carbons (Fsp3) is 0.0556. The Kier molecular flexibility index (Phi) is 5.78. The van der Waals surface area contributed by atoms with Gasteiger partial charge in [-0.2, -0.15) is 9.78 Å². The number of nitrogens with zero attached hydrogens (tertiary/aromatic N) is 3. The molecule has 7 nitrogen and oxygen atoms in total. The van der Waals surface area contributed by atoms with Crippen LogP contribution in [-0.4, -0.2) is 29.4 Å². The Bertz CT molecular complexity index is 1420. The van der Waals surface area contributed by atoms with Gasteiger partial charge in [0.05, 0.1) is 37.7 Å². The van der Waals surface area contributed by atoms with E-state index < -0.39 is 15.6 Å². The molecule has 2 aromatic carbocycles. The fourth-order valence-electron chi connectivity index (χ4n) is 2.63. The van der Waals surface area contributed by atoms with Crippen molar-refractivity contribution in [1.82, 2.24) is 14.8 Å². The van der Waals surface area contributed by atoms with Crippen LogP contribution >= 0.6 is 46.3 Å². The molecule has 4 aromatic rings. The summed E-state index contributed by atoms with van der Waals surface area (Å²) in [6, 6.07) is 10.9. The number of rotatable bonds is 5. The van der Waals surface area contributed by atoms with Crippen molar-refractivity contribution in [3.8, 4) is 5.69 Å². The van der Waals surface area contributed by atoms with Gasteiger partial charge in [0.25, 0.3) is 15.6 Å². The third kappa shape index (κ3) is 4.06.